The summed E-state index contributed by atoms with van der Waals surface area (Å²) in [7, 11) is -2.18. The van der Waals surface area contributed by atoms with Crippen molar-refractivity contribution in [2.45, 2.75) is 18.7 Å². The van der Waals surface area contributed by atoms with E-state index in [9.17, 15) is 8.42 Å². The maximum absolute atomic E-state index is 12.4. The Kier molecular flexibility index (Phi) is 5.34. The van der Waals surface area contributed by atoms with Gasteiger partial charge in [0.15, 0.2) is 0 Å². The topological polar surface area (TPSA) is 49.7 Å². The van der Waals surface area contributed by atoms with Crippen molar-refractivity contribution < 1.29 is 8.42 Å². The highest BCUT2D eigenvalue weighted by Crippen LogP contribution is 2.15. The molecule has 2 aromatic rings. The fraction of sp³-hybridized carbons (Fsp3) is 0.167. The Morgan fingerprint density at radius 2 is 1.65 bits per heavy atom. The summed E-state index contributed by atoms with van der Waals surface area (Å²) in [5.41, 5.74) is 2.92. The van der Waals surface area contributed by atoms with E-state index in [1.54, 1.807) is 30.5 Å². The van der Waals surface area contributed by atoms with Crippen molar-refractivity contribution in [1.29, 1.82) is 0 Å². The molecule has 2 rings (SSSR count). The Morgan fingerprint density at radius 3 is 2.26 bits per heavy atom. The summed E-state index contributed by atoms with van der Waals surface area (Å²) >= 11 is 0. The van der Waals surface area contributed by atoms with Crippen LogP contribution >= 0.6 is 0 Å². The number of rotatable bonds is 5. The molecule has 4 nitrogen and oxygen atoms in total. The van der Waals surface area contributed by atoms with Crippen molar-refractivity contribution in [2.24, 2.45) is 5.10 Å². The Bertz CT molecular complexity index is 808. The highest BCUT2D eigenvalue weighted by Gasteiger charge is 2.18. The molecular formula is C18H20N2O2S. The van der Waals surface area contributed by atoms with Gasteiger partial charge in [0, 0.05) is 7.05 Å². The Morgan fingerprint density at radius 1 is 1.04 bits per heavy atom. The second-order valence-electron chi connectivity index (χ2n) is 5.30. The molecule has 23 heavy (non-hydrogen) atoms. The van der Waals surface area contributed by atoms with Crippen molar-refractivity contribution in [2.75, 3.05) is 7.05 Å². The van der Waals surface area contributed by atoms with Crippen molar-refractivity contribution >= 4 is 22.3 Å². The summed E-state index contributed by atoms with van der Waals surface area (Å²) in [5.74, 6) is 0. The lowest BCUT2D eigenvalue weighted by Gasteiger charge is -2.13. The van der Waals surface area contributed by atoms with Gasteiger partial charge < -0.3 is 0 Å². The van der Waals surface area contributed by atoms with E-state index < -0.39 is 10.0 Å². The zero-order valence-electron chi connectivity index (χ0n) is 13.5. The van der Waals surface area contributed by atoms with Crippen LogP contribution in [0.15, 0.2) is 70.2 Å². The second kappa shape index (κ2) is 7.24. The number of hydrazone groups is 1. The summed E-state index contributed by atoms with van der Waals surface area (Å²) in [6, 6.07) is 16.5. The van der Waals surface area contributed by atoms with Gasteiger partial charge in [-0.3, -0.25) is 0 Å². The molecule has 5 heteroatoms. The molecule has 0 saturated carbocycles. The first-order valence-corrected chi connectivity index (χ1v) is 8.66. The fourth-order valence-electron chi connectivity index (χ4n) is 1.95. The molecule has 0 aliphatic rings. The molecule has 0 aromatic heterocycles. The SMILES string of the molecule is C/C(C=NN(C)S(=O)(=O)c1ccc(C)cc1)=C\c1ccccc1. The third kappa shape index (κ3) is 4.53. The molecule has 0 N–H and O–H groups in total. The van der Waals surface area contributed by atoms with E-state index in [4.69, 9.17) is 0 Å². The van der Waals surface area contributed by atoms with Crippen molar-refractivity contribution in [3.63, 3.8) is 0 Å². The first-order chi connectivity index (χ1) is 10.9. The molecule has 0 bridgehead atoms. The Labute approximate surface area is 137 Å². The molecular weight excluding hydrogens is 308 g/mol. The van der Waals surface area contributed by atoms with Crippen LogP contribution in [0, 0.1) is 6.92 Å². The van der Waals surface area contributed by atoms with Crippen LogP contribution in [0.1, 0.15) is 18.1 Å². The highest BCUT2D eigenvalue weighted by atomic mass is 32.2. The standard InChI is InChI=1S/C18H20N2O2S/c1-15-9-11-18(12-10-15)23(21,22)20(3)19-14-16(2)13-17-7-5-4-6-8-17/h4-14H,1-3H3/b16-13+,19-14?. The fourth-order valence-corrected chi connectivity index (χ4v) is 2.90. The van der Waals surface area contributed by atoms with Gasteiger partial charge in [-0.1, -0.05) is 54.1 Å². The first kappa shape index (κ1) is 17.0. The minimum atomic E-state index is -3.62. The van der Waals surface area contributed by atoms with Crippen molar-refractivity contribution in [3.05, 3.63) is 71.3 Å². The molecule has 0 saturated heterocycles. The number of sulfonamides is 1. The molecule has 0 amide bonds. The molecule has 2 aromatic carbocycles. The van der Waals surface area contributed by atoms with E-state index in [-0.39, 0.29) is 4.90 Å². The Hall–Kier alpha value is -2.40. The third-order valence-electron chi connectivity index (χ3n) is 3.28. The quantitative estimate of drug-likeness (QED) is 0.620. The monoisotopic (exact) mass is 328 g/mol. The van der Waals surface area contributed by atoms with Gasteiger partial charge in [-0.05, 0) is 37.1 Å². The first-order valence-electron chi connectivity index (χ1n) is 7.22. The summed E-state index contributed by atoms with van der Waals surface area (Å²) in [6.45, 7) is 3.79. The number of aryl methyl sites for hydroxylation is 1. The average molecular weight is 328 g/mol. The van der Waals surface area contributed by atoms with Gasteiger partial charge in [0.05, 0.1) is 11.1 Å². The molecule has 0 unspecified atom stereocenters. The molecule has 0 aliphatic carbocycles. The largest absolute Gasteiger partial charge is 0.278 e. The number of nitrogens with zero attached hydrogens (tertiary/aromatic N) is 2. The lowest BCUT2D eigenvalue weighted by atomic mass is 10.1. The molecule has 120 valence electrons. The van der Waals surface area contributed by atoms with Crippen LogP contribution in [0.3, 0.4) is 0 Å². The van der Waals surface area contributed by atoms with Crippen LogP contribution in [0.5, 0.6) is 0 Å². The lowest BCUT2D eigenvalue weighted by Crippen LogP contribution is -2.21. The van der Waals surface area contributed by atoms with Crippen molar-refractivity contribution in [3.8, 4) is 0 Å². The van der Waals surface area contributed by atoms with Crippen LogP contribution in [0.4, 0.5) is 0 Å². The van der Waals surface area contributed by atoms with Crippen molar-refractivity contribution in [1.82, 2.24) is 4.41 Å². The van der Waals surface area contributed by atoms with Crippen LogP contribution in [-0.4, -0.2) is 26.1 Å². The van der Waals surface area contributed by atoms with Gasteiger partial charge in [-0.25, -0.2) is 0 Å². The zero-order chi connectivity index (χ0) is 16.9. The number of hydrogen-bond acceptors (Lipinski definition) is 3. The van der Waals surface area contributed by atoms with E-state index >= 15 is 0 Å². The lowest BCUT2D eigenvalue weighted by molar-refractivity contribution is 0.491. The molecule has 0 aliphatic heterocycles. The summed E-state index contributed by atoms with van der Waals surface area (Å²) in [6.07, 6.45) is 3.48. The number of allylic oxidation sites excluding steroid dienone is 1. The van der Waals surface area contributed by atoms with E-state index in [0.29, 0.717) is 0 Å². The van der Waals surface area contributed by atoms with Gasteiger partial charge in [-0.15, -0.1) is 0 Å². The third-order valence-corrected chi connectivity index (χ3v) is 4.94. The maximum Gasteiger partial charge on any atom is 0.278 e. The Balaban J connectivity index is 2.15. The maximum atomic E-state index is 12.4. The smallest absolute Gasteiger partial charge is 0.200 e. The van der Waals surface area contributed by atoms with Gasteiger partial charge in [-0.2, -0.15) is 17.9 Å². The summed E-state index contributed by atoms with van der Waals surface area (Å²) in [4.78, 5) is 0.229. The molecule has 0 radical (unpaired) electrons. The minimum Gasteiger partial charge on any atom is -0.200 e. The van der Waals surface area contributed by atoms with Crippen LogP contribution in [0.2, 0.25) is 0 Å². The van der Waals surface area contributed by atoms with Crippen LogP contribution < -0.4 is 0 Å². The van der Waals surface area contributed by atoms with Gasteiger partial charge in [0.2, 0.25) is 0 Å². The average Bonchev–Trinajstić information content (AvgIpc) is 2.54. The molecule has 0 heterocycles. The highest BCUT2D eigenvalue weighted by molar-refractivity contribution is 7.89. The predicted octanol–water partition coefficient (Wildman–Crippen LogP) is 3.70. The minimum absolute atomic E-state index is 0.229. The van der Waals surface area contributed by atoms with Gasteiger partial charge in [0.25, 0.3) is 10.0 Å². The van der Waals surface area contributed by atoms with Crippen LogP contribution in [-0.2, 0) is 10.0 Å². The van der Waals surface area contributed by atoms with E-state index in [1.165, 1.54) is 7.05 Å². The predicted molar refractivity (Wildman–Crippen MR) is 94.7 cm³/mol. The van der Waals surface area contributed by atoms with E-state index in [0.717, 1.165) is 21.1 Å². The van der Waals surface area contributed by atoms with Crippen LogP contribution in [0.25, 0.3) is 6.08 Å². The normalized spacial score (nSPS) is 12.6. The summed E-state index contributed by atoms with van der Waals surface area (Å²) in [5, 5.41) is 4.04. The molecule has 0 fully saturated rings. The van der Waals surface area contributed by atoms with E-state index in [1.807, 2.05) is 50.3 Å². The summed E-state index contributed by atoms with van der Waals surface area (Å²) < 4.78 is 25.8. The molecule has 0 spiro atoms. The van der Waals surface area contributed by atoms with E-state index in [2.05, 4.69) is 5.10 Å². The molecule has 0 atom stereocenters. The number of hydrogen-bond donors (Lipinski definition) is 0. The van der Waals surface area contributed by atoms with Gasteiger partial charge >= 0.3 is 0 Å². The van der Waals surface area contributed by atoms with Gasteiger partial charge in [0.1, 0.15) is 0 Å². The second-order valence-corrected chi connectivity index (χ2v) is 7.25. The number of benzene rings is 2. The zero-order valence-corrected chi connectivity index (χ0v) is 14.3.